The van der Waals surface area contributed by atoms with E-state index in [4.69, 9.17) is 82.8 Å². The van der Waals surface area contributed by atoms with Crippen molar-refractivity contribution < 1.29 is 13.2 Å². The molecule has 0 amide bonds. The van der Waals surface area contributed by atoms with Gasteiger partial charge in [0, 0.05) is 0 Å². The third kappa shape index (κ3) is 6.99. The molecular weight excluding hydrogens is 471 g/mol. The Morgan fingerprint density at radius 2 is 0.647 bits per heavy atom. The summed E-state index contributed by atoms with van der Waals surface area (Å²) >= 11 is 29.9. The zero-order valence-corrected chi connectivity index (χ0v) is 15.0. The molecule has 0 atom stereocenters. The SMILES string of the molecule is Cl[C@H]1[C@H](Cl)[C@@H](Cl)[C@@H](Cl)[C@H](Cl)[C@H]1Cl.[O]=[Sb]([OH])([OH])[OH]. The predicted octanol–water partition coefficient (Wildman–Crippen LogP) is 1.47. The van der Waals surface area contributed by atoms with Gasteiger partial charge in [0.25, 0.3) is 0 Å². The van der Waals surface area contributed by atoms with Crippen LogP contribution >= 0.6 is 69.6 Å². The van der Waals surface area contributed by atoms with Gasteiger partial charge in [0.2, 0.25) is 0 Å². The first-order chi connectivity index (χ1) is 7.46. The molecule has 1 aliphatic rings. The monoisotopic (exact) mass is 476 g/mol. The average molecular weight is 480 g/mol. The number of rotatable bonds is 0. The first-order valence-corrected chi connectivity index (χ1v) is 11.2. The second kappa shape index (κ2) is 7.87. The molecule has 3 N–H and O–H groups in total. The Hall–Kier alpha value is 2.24. The Morgan fingerprint density at radius 3 is 0.706 bits per heavy atom. The maximum absolute atomic E-state index is 8.97. The third-order valence-corrected chi connectivity index (χ3v) is 5.86. The molecule has 0 unspecified atom stereocenters. The van der Waals surface area contributed by atoms with Gasteiger partial charge >= 0.3 is 33.2 Å². The van der Waals surface area contributed by atoms with Crippen LogP contribution in [0.1, 0.15) is 0 Å². The summed E-state index contributed by atoms with van der Waals surface area (Å²) in [6.45, 7) is 0. The van der Waals surface area contributed by atoms with Crippen LogP contribution in [0.15, 0.2) is 0 Å². The molecule has 0 aromatic carbocycles. The van der Waals surface area contributed by atoms with Crippen LogP contribution in [0, 0.1) is 0 Å². The number of alkyl halides is 6. The number of halogens is 6. The summed E-state index contributed by atoms with van der Waals surface area (Å²) in [5.74, 6) is 0. The molecule has 0 aliphatic heterocycles. The van der Waals surface area contributed by atoms with Gasteiger partial charge in [0.1, 0.15) is 0 Å². The summed E-state index contributed by atoms with van der Waals surface area (Å²) in [5, 5.41) is -2.62. The van der Waals surface area contributed by atoms with Gasteiger partial charge in [0.15, 0.2) is 0 Å². The summed E-state index contributed by atoms with van der Waals surface area (Å²) in [4.78, 5) is 0. The molecule has 0 heterocycles. The van der Waals surface area contributed by atoms with Gasteiger partial charge < -0.3 is 0 Å². The first-order valence-electron chi connectivity index (χ1n) is 4.09. The summed E-state index contributed by atoms with van der Waals surface area (Å²) in [5.41, 5.74) is 0. The van der Waals surface area contributed by atoms with E-state index in [2.05, 4.69) is 0 Å². The van der Waals surface area contributed by atoms with Crippen LogP contribution < -0.4 is 0 Å². The van der Waals surface area contributed by atoms with Crippen LogP contribution in [-0.4, -0.2) is 62.5 Å². The zero-order valence-electron chi connectivity index (χ0n) is 7.93. The van der Waals surface area contributed by atoms with Crippen LogP contribution in [0.3, 0.4) is 0 Å². The summed E-state index contributed by atoms with van der Waals surface area (Å²) in [6.07, 6.45) is 0. The maximum atomic E-state index is 8.97. The molecule has 11 heteroatoms. The molecular formula is C6H9Cl6O4Sb. The fourth-order valence-electron chi connectivity index (χ4n) is 1.05. The van der Waals surface area contributed by atoms with Crippen LogP contribution in [-0.2, 0) is 3.02 Å². The summed E-state index contributed by atoms with van der Waals surface area (Å²) < 4.78 is 30.8. The molecule has 0 radical (unpaired) electrons. The fraction of sp³-hybridized carbons (Fsp3) is 1.00. The van der Waals surface area contributed by atoms with Gasteiger partial charge in [-0.3, -0.25) is 0 Å². The molecule has 1 saturated carbocycles. The van der Waals surface area contributed by atoms with Gasteiger partial charge in [-0.1, -0.05) is 0 Å². The Balaban J connectivity index is 0.000000437. The van der Waals surface area contributed by atoms with Crippen molar-refractivity contribution in [1.82, 2.24) is 0 Å². The van der Waals surface area contributed by atoms with Crippen molar-refractivity contribution in [1.29, 1.82) is 0 Å². The third-order valence-electron chi connectivity index (χ3n) is 1.83. The van der Waals surface area contributed by atoms with Gasteiger partial charge in [-0.2, -0.15) is 0 Å². The minimum atomic E-state index is -5.35. The average Bonchev–Trinajstić information content (AvgIpc) is 2.18. The van der Waals surface area contributed by atoms with Gasteiger partial charge in [-0.15, -0.1) is 69.6 Å². The molecule has 1 aliphatic carbocycles. The minimum absolute atomic E-state index is 0.437. The Labute approximate surface area is 134 Å². The van der Waals surface area contributed by atoms with E-state index in [0.29, 0.717) is 0 Å². The Morgan fingerprint density at radius 1 is 0.588 bits per heavy atom. The standard InChI is InChI=1S/C6H6Cl6.3H2O.O.Sb/c7-1-2(8)4(10)6(12)5(11)3(1)9;;;;;/h1-6H;3*1H2;;/q;;;;;+3/p-3/t1-,2-,3-,4+,5+,6+;;;;;. The normalized spacial score (nSPS) is 42.6. The first kappa shape index (κ1) is 19.2. The number of hydrogen-bond acceptors (Lipinski definition) is 1. The van der Waals surface area contributed by atoms with Crippen LogP contribution in [0.2, 0.25) is 0 Å². The van der Waals surface area contributed by atoms with Crippen LogP contribution in [0.5, 0.6) is 0 Å². The van der Waals surface area contributed by atoms with E-state index >= 15 is 0 Å². The van der Waals surface area contributed by atoms with Crippen molar-refractivity contribution in [2.75, 3.05) is 0 Å². The van der Waals surface area contributed by atoms with E-state index in [9.17, 15) is 0 Å². The summed E-state index contributed by atoms with van der Waals surface area (Å²) in [6, 6.07) is 0. The quantitative estimate of drug-likeness (QED) is 0.363. The molecule has 0 spiro atoms. The van der Waals surface area contributed by atoms with Crippen molar-refractivity contribution in [3.63, 3.8) is 0 Å². The van der Waals surface area contributed by atoms with Crippen molar-refractivity contribution in [2.45, 2.75) is 32.3 Å². The van der Waals surface area contributed by atoms with Crippen molar-refractivity contribution in [2.24, 2.45) is 0 Å². The van der Waals surface area contributed by atoms with E-state index < -0.39 is 52.3 Å². The molecule has 4 nitrogen and oxygen atoms in total. The Bertz CT molecular complexity index is 221. The molecule has 0 aromatic heterocycles. The molecule has 1 rings (SSSR count). The second-order valence-corrected chi connectivity index (χ2v) is 9.13. The topological polar surface area (TPSA) is 77.8 Å². The fourth-order valence-corrected chi connectivity index (χ4v) is 3.38. The van der Waals surface area contributed by atoms with Crippen molar-refractivity contribution >= 4 is 89.7 Å². The van der Waals surface area contributed by atoms with Crippen LogP contribution in [0.25, 0.3) is 0 Å². The van der Waals surface area contributed by atoms with E-state index in [0.717, 1.165) is 0 Å². The number of hydrogen-bond donors (Lipinski definition) is 3. The van der Waals surface area contributed by atoms with E-state index in [1.807, 2.05) is 0 Å². The van der Waals surface area contributed by atoms with Crippen molar-refractivity contribution in [3.8, 4) is 0 Å². The van der Waals surface area contributed by atoms with Gasteiger partial charge in [-0.25, -0.2) is 0 Å². The van der Waals surface area contributed by atoms with Gasteiger partial charge in [-0.05, 0) is 0 Å². The molecule has 0 bridgehead atoms. The molecule has 1 fully saturated rings. The predicted molar refractivity (Wildman–Crippen MR) is 70.9 cm³/mol. The Kier molecular flexibility index (Phi) is 8.91. The molecule has 104 valence electrons. The zero-order chi connectivity index (χ0) is 14.0. The van der Waals surface area contributed by atoms with Crippen molar-refractivity contribution in [3.05, 3.63) is 0 Å². The van der Waals surface area contributed by atoms with E-state index in [1.165, 1.54) is 0 Å². The van der Waals surface area contributed by atoms with E-state index in [-0.39, 0.29) is 0 Å². The second-order valence-electron chi connectivity index (χ2n) is 3.18. The molecule has 17 heavy (non-hydrogen) atoms. The molecule has 0 aromatic rings. The summed E-state index contributed by atoms with van der Waals surface area (Å²) in [7, 11) is 0. The van der Waals surface area contributed by atoms with E-state index in [1.54, 1.807) is 0 Å². The molecule has 0 saturated heterocycles. The van der Waals surface area contributed by atoms with Gasteiger partial charge in [0.05, 0.1) is 32.3 Å². The van der Waals surface area contributed by atoms with Crippen LogP contribution in [0.4, 0.5) is 0 Å².